The fourth-order valence-corrected chi connectivity index (χ4v) is 1.50. The standard InChI is InChI=1S/C9H16O4/c1-3-5-9(6-4-2,7(10)11)8(12)13/h3-6H2,1-2H3,(H,10,11)(H,12,13). The molecule has 0 aromatic heterocycles. The summed E-state index contributed by atoms with van der Waals surface area (Å²) in [6.07, 6.45) is 1.54. The molecule has 0 fully saturated rings. The molecule has 0 aromatic carbocycles. The number of rotatable bonds is 6. The summed E-state index contributed by atoms with van der Waals surface area (Å²) in [5.41, 5.74) is -1.57. The summed E-state index contributed by atoms with van der Waals surface area (Å²) in [7, 11) is 0. The van der Waals surface area contributed by atoms with E-state index in [-0.39, 0.29) is 12.8 Å². The highest BCUT2D eigenvalue weighted by atomic mass is 16.4. The third kappa shape index (κ3) is 2.44. The van der Waals surface area contributed by atoms with E-state index < -0.39 is 17.4 Å². The lowest BCUT2D eigenvalue weighted by molar-refractivity contribution is -0.166. The maximum absolute atomic E-state index is 10.9. The van der Waals surface area contributed by atoms with Crippen molar-refractivity contribution in [1.29, 1.82) is 0 Å². The zero-order chi connectivity index (χ0) is 10.5. The van der Waals surface area contributed by atoms with E-state index in [4.69, 9.17) is 10.2 Å². The van der Waals surface area contributed by atoms with Gasteiger partial charge in [-0.15, -0.1) is 0 Å². The highest BCUT2D eigenvalue weighted by molar-refractivity contribution is 5.98. The number of hydrogen-bond acceptors (Lipinski definition) is 2. The maximum atomic E-state index is 10.9. The Labute approximate surface area is 77.6 Å². The summed E-state index contributed by atoms with van der Waals surface area (Å²) in [4.78, 5) is 21.7. The molecule has 0 radical (unpaired) electrons. The zero-order valence-corrected chi connectivity index (χ0v) is 8.04. The van der Waals surface area contributed by atoms with Gasteiger partial charge in [0.05, 0.1) is 0 Å². The van der Waals surface area contributed by atoms with Crippen molar-refractivity contribution in [3.63, 3.8) is 0 Å². The van der Waals surface area contributed by atoms with Crippen LogP contribution in [0, 0.1) is 5.41 Å². The van der Waals surface area contributed by atoms with Gasteiger partial charge in [-0.2, -0.15) is 0 Å². The number of carboxylic acid groups (broad SMARTS) is 2. The van der Waals surface area contributed by atoms with Crippen molar-refractivity contribution in [2.75, 3.05) is 0 Å². The van der Waals surface area contributed by atoms with Gasteiger partial charge >= 0.3 is 11.9 Å². The van der Waals surface area contributed by atoms with E-state index in [1.807, 2.05) is 0 Å². The second-order valence-corrected chi connectivity index (χ2v) is 3.19. The minimum absolute atomic E-state index is 0.200. The first kappa shape index (κ1) is 11.9. The minimum Gasteiger partial charge on any atom is -0.480 e. The molecule has 0 aromatic rings. The monoisotopic (exact) mass is 188 g/mol. The van der Waals surface area contributed by atoms with Crippen molar-refractivity contribution >= 4 is 11.9 Å². The summed E-state index contributed by atoms with van der Waals surface area (Å²) in [6, 6.07) is 0. The lowest BCUT2D eigenvalue weighted by Crippen LogP contribution is -2.39. The highest BCUT2D eigenvalue weighted by Gasteiger charge is 2.44. The van der Waals surface area contributed by atoms with Gasteiger partial charge in [0.2, 0.25) is 0 Å². The molecule has 4 nitrogen and oxygen atoms in total. The van der Waals surface area contributed by atoms with E-state index >= 15 is 0 Å². The maximum Gasteiger partial charge on any atom is 0.321 e. The van der Waals surface area contributed by atoms with Gasteiger partial charge in [-0.05, 0) is 12.8 Å². The SMILES string of the molecule is CCCC(CCC)(C(=O)O)C(=O)O. The van der Waals surface area contributed by atoms with Crippen molar-refractivity contribution in [2.24, 2.45) is 5.41 Å². The Bertz CT molecular complexity index is 176. The third-order valence-corrected chi connectivity index (χ3v) is 2.17. The fourth-order valence-electron chi connectivity index (χ4n) is 1.50. The van der Waals surface area contributed by atoms with E-state index in [2.05, 4.69) is 0 Å². The Balaban J connectivity index is 4.80. The first-order chi connectivity index (χ1) is 6.01. The Hall–Kier alpha value is -1.06. The average Bonchev–Trinajstić information content (AvgIpc) is 2.03. The molecule has 0 saturated heterocycles. The topological polar surface area (TPSA) is 74.6 Å². The van der Waals surface area contributed by atoms with Crippen molar-refractivity contribution in [2.45, 2.75) is 39.5 Å². The molecule has 0 atom stereocenters. The third-order valence-electron chi connectivity index (χ3n) is 2.17. The number of carbonyl (C=O) groups is 2. The van der Waals surface area contributed by atoms with Gasteiger partial charge in [-0.25, -0.2) is 0 Å². The second-order valence-electron chi connectivity index (χ2n) is 3.19. The van der Waals surface area contributed by atoms with Gasteiger partial charge in [0.25, 0.3) is 0 Å². The van der Waals surface area contributed by atoms with Crippen LogP contribution in [-0.4, -0.2) is 22.2 Å². The molecule has 13 heavy (non-hydrogen) atoms. The minimum atomic E-state index is -1.57. The van der Waals surface area contributed by atoms with Gasteiger partial charge in [-0.1, -0.05) is 26.7 Å². The molecule has 4 heteroatoms. The van der Waals surface area contributed by atoms with E-state index in [0.717, 1.165) is 0 Å². The van der Waals surface area contributed by atoms with Crippen LogP contribution in [0.1, 0.15) is 39.5 Å². The molecule has 0 amide bonds. The summed E-state index contributed by atoms with van der Waals surface area (Å²) >= 11 is 0. The van der Waals surface area contributed by atoms with Gasteiger partial charge in [0, 0.05) is 0 Å². The van der Waals surface area contributed by atoms with Crippen LogP contribution in [0.25, 0.3) is 0 Å². The molecule has 2 N–H and O–H groups in total. The van der Waals surface area contributed by atoms with Gasteiger partial charge in [0.1, 0.15) is 0 Å². The first-order valence-corrected chi connectivity index (χ1v) is 4.48. The van der Waals surface area contributed by atoms with Crippen LogP contribution in [0.4, 0.5) is 0 Å². The lowest BCUT2D eigenvalue weighted by Gasteiger charge is -2.23. The van der Waals surface area contributed by atoms with Gasteiger partial charge in [-0.3, -0.25) is 9.59 Å². The summed E-state index contributed by atoms with van der Waals surface area (Å²) in [5, 5.41) is 17.8. The van der Waals surface area contributed by atoms with Gasteiger partial charge in [0.15, 0.2) is 5.41 Å². The predicted molar refractivity (Wildman–Crippen MR) is 47.5 cm³/mol. The van der Waals surface area contributed by atoms with Crippen LogP contribution < -0.4 is 0 Å². The molecule has 0 aliphatic rings. The van der Waals surface area contributed by atoms with Crippen LogP contribution in [0.15, 0.2) is 0 Å². The Morgan fingerprint density at radius 2 is 1.31 bits per heavy atom. The number of aliphatic carboxylic acids is 2. The normalized spacial score (nSPS) is 11.2. The van der Waals surface area contributed by atoms with Crippen molar-refractivity contribution in [3.05, 3.63) is 0 Å². The molecule has 0 aliphatic heterocycles. The number of hydrogen-bond donors (Lipinski definition) is 2. The van der Waals surface area contributed by atoms with E-state index in [1.165, 1.54) is 0 Å². The van der Waals surface area contributed by atoms with E-state index in [1.54, 1.807) is 13.8 Å². The predicted octanol–water partition coefficient (Wildman–Crippen LogP) is 1.74. The Kier molecular flexibility index (Phi) is 4.45. The van der Waals surface area contributed by atoms with E-state index in [0.29, 0.717) is 12.8 Å². The smallest absolute Gasteiger partial charge is 0.321 e. The zero-order valence-electron chi connectivity index (χ0n) is 8.04. The first-order valence-electron chi connectivity index (χ1n) is 4.48. The average molecular weight is 188 g/mol. The van der Waals surface area contributed by atoms with Crippen molar-refractivity contribution in [3.8, 4) is 0 Å². The Morgan fingerprint density at radius 1 is 1.00 bits per heavy atom. The number of carboxylic acids is 2. The lowest BCUT2D eigenvalue weighted by atomic mass is 9.79. The fraction of sp³-hybridized carbons (Fsp3) is 0.778. The van der Waals surface area contributed by atoms with Gasteiger partial charge < -0.3 is 10.2 Å². The molecule has 0 saturated carbocycles. The quantitative estimate of drug-likeness (QED) is 0.622. The van der Waals surface area contributed by atoms with Crippen LogP contribution >= 0.6 is 0 Å². The van der Waals surface area contributed by atoms with Crippen LogP contribution in [0.2, 0.25) is 0 Å². The summed E-state index contributed by atoms with van der Waals surface area (Å²) < 4.78 is 0. The molecule has 0 heterocycles. The van der Waals surface area contributed by atoms with Crippen LogP contribution in [0.5, 0.6) is 0 Å². The van der Waals surface area contributed by atoms with E-state index in [9.17, 15) is 9.59 Å². The van der Waals surface area contributed by atoms with Crippen molar-refractivity contribution < 1.29 is 19.8 Å². The van der Waals surface area contributed by atoms with Crippen LogP contribution in [-0.2, 0) is 9.59 Å². The molecule has 0 spiro atoms. The molecule has 0 rings (SSSR count). The molecule has 76 valence electrons. The molecular weight excluding hydrogens is 172 g/mol. The summed E-state index contributed by atoms with van der Waals surface area (Å²) in [6.45, 7) is 3.58. The second kappa shape index (κ2) is 4.84. The Morgan fingerprint density at radius 3 is 1.46 bits per heavy atom. The van der Waals surface area contributed by atoms with Crippen LogP contribution in [0.3, 0.4) is 0 Å². The highest BCUT2D eigenvalue weighted by Crippen LogP contribution is 2.30. The molecule has 0 aliphatic carbocycles. The molecular formula is C9H16O4. The summed E-state index contributed by atoms with van der Waals surface area (Å²) in [5.74, 6) is -2.44. The molecule has 0 bridgehead atoms. The molecule has 0 unspecified atom stereocenters. The van der Waals surface area contributed by atoms with Crippen molar-refractivity contribution in [1.82, 2.24) is 0 Å². The largest absolute Gasteiger partial charge is 0.480 e.